The van der Waals surface area contributed by atoms with Gasteiger partial charge in [0.2, 0.25) is 47.3 Å². The molecule has 0 spiro atoms. The molecule has 0 bridgehead atoms. The number of nitrogens with zero attached hydrogens (tertiary/aromatic N) is 3. The molecule has 0 radical (unpaired) electrons. The van der Waals surface area contributed by atoms with E-state index in [9.17, 15) is 47.9 Å². The van der Waals surface area contributed by atoms with E-state index in [0.717, 1.165) is 16.1 Å². The van der Waals surface area contributed by atoms with Gasteiger partial charge in [0.15, 0.2) is 0 Å². The Bertz CT molecular complexity index is 3240. The Morgan fingerprint density at radius 3 is 1.95 bits per heavy atom. The zero-order valence-corrected chi connectivity index (χ0v) is 60.4. The Labute approximate surface area is 587 Å². The molecule has 2 heterocycles. The first-order chi connectivity index (χ1) is 47.1. The molecule has 26 nitrogen and oxygen atoms in total. The number of alkyl carbamates (subject to hydrolysis) is 1. The molecule has 0 unspecified atom stereocenters. The van der Waals surface area contributed by atoms with E-state index in [1.54, 1.807) is 94.2 Å². The highest BCUT2D eigenvalue weighted by molar-refractivity contribution is 7.09. The third kappa shape index (κ3) is 25.3. The number of hydrogen-bond acceptors (Lipinski definition) is 16. The van der Waals surface area contributed by atoms with Crippen LogP contribution in [0.5, 0.6) is 0 Å². The quantitative estimate of drug-likeness (QED) is 0.0222. The van der Waals surface area contributed by atoms with Crippen molar-refractivity contribution in [2.75, 3.05) is 46.2 Å². The minimum atomic E-state index is -1.60. The Kier molecular flexibility index (Phi) is 33.2. The first kappa shape index (κ1) is 81.1. The van der Waals surface area contributed by atoms with Gasteiger partial charge in [0.1, 0.15) is 41.3 Å². The maximum absolute atomic E-state index is 14.8. The minimum absolute atomic E-state index is 0.0425. The van der Waals surface area contributed by atoms with Crippen molar-refractivity contribution in [3.63, 3.8) is 0 Å². The molecule has 11 atom stereocenters. The maximum atomic E-state index is 14.8. The molecule has 1 aliphatic rings. The van der Waals surface area contributed by atoms with Crippen molar-refractivity contribution in [1.29, 1.82) is 0 Å². The standard InChI is InChI=1S/C72H107N13O13S/c1-13-46(6)61(56(96-11)42-58(87)85-38-23-30-55(85)62(97-12)47(7)63(88)80-54(67-75-37-39-99-67)40-48-24-16-14-17-25-48)84(10)68(92)60(45(4)5)82-69(93)72(8,9)83-71(95)98-43-50-31-33-51(34-32-50)77-64(89)53(29-22-36-76-70(74)94)79-66(91)59(44(2)3)81-65(90)52(28-20-21-35-73)78-57(86)41-49-26-18-15-19-27-49/h14-19,24-27,31-34,37,39,44-47,52-56,59-62H,13,20-23,28-30,35-36,38,40-43,73H2,1-12H3,(H,77,89)(H,78,86)(H,79,91)(H,80,88)(H,81,90)(H,82,93)(H,83,95)(H3,74,76,94)/t46-,47+,52-,53-,54-,55-,56+,59-,60-,61-,62+/m0/s1. The molecule has 1 saturated heterocycles. The number of rotatable bonds is 40. The first-order valence-corrected chi connectivity index (χ1v) is 35.2. The summed E-state index contributed by atoms with van der Waals surface area (Å²) in [5.41, 5.74) is 12.0. The lowest BCUT2D eigenvalue weighted by Crippen LogP contribution is -2.62. The Hall–Kier alpha value is -8.53. The lowest BCUT2D eigenvalue weighted by Gasteiger charge is -2.41. The summed E-state index contributed by atoms with van der Waals surface area (Å²) in [6.45, 7) is 16.4. The minimum Gasteiger partial charge on any atom is -0.445 e. The number of anilines is 1. The fourth-order valence-corrected chi connectivity index (χ4v) is 12.8. The molecule has 27 heteroatoms. The van der Waals surface area contributed by atoms with E-state index in [0.29, 0.717) is 62.9 Å². The van der Waals surface area contributed by atoms with Crippen LogP contribution in [0.25, 0.3) is 0 Å². The number of hydrogen-bond donors (Lipinski definition) is 10. The summed E-state index contributed by atoms with van der Waals surface area (Å²) in [6, 6.07) is 18.8. The number of methoxy groups -OCH3 is 2. The van der Waals surface area contributed by atoms with Crippen molar-refractivity contribution in [3.05, 3.63) is 118 Å². The van der Waals surface area contributed by atoms with Crippen molar-refractivity contribution in [2.24, 2.45) is 35.1 Å². The summed E-state index contributed by atoms with van der Waals surface area (Å²) >= 11 is 1.47. The number of thiazole rings is 1. The van der Waals surface area contributed by atoms with Crippen molar-refractivity contribution in [1.82, 2.24) is 52.0 Å². The van der Waals surface area contributed by atoms with Gasteiger partial charge in [-0.3, -0.25) is 38.4 Å². The van der Waals surface area contributed by atoms with E-state index < -0.39 is 113 Å². The van der Waals surface area contributed by atoms with Crippen LogP contribution in [0.15, 0.2) is 96.5 Å². The fourth-order valence-electron chi connectivity index (χ4n) is 12.2. The number of unbranched alkanes of at least 4 members (excludes halogenated alkanes) is 1. The summed E-state index contributed by atoms with van der Waals surface area (Å²) in [5, 5.41) is 25.0. The number of ether oxygens (including phenoxy) is 3. The molecule has 11 amide bonds. The SMILES string of the molecule is CC[C@H](C)[C@@H]([C@@H](CC(=O)N1CCC[C@H]1[C@H](OC)[C@@H](C)C(=O)N[C@@H](Cc1ccccc1)c1nccs1)OC)N(C)C(=O)[C@@H](NC(=O)C(C)(C)NC(=O)OCc1ccc(NC(=O)[C@H](CCCNC(N)=O)NC(=O)[C@@H](NC(=O)[C@H](CCCCN)NC(=O)Cc2ccccc2)C(C)C)cc1)C(C)C. The van der Waals surface area contributed by atoms with Gasteiger partial charge < -0.3 is 78.0 Å². The number of urea groups is 1. The number of nitrogens with two attached hydrogens (primary N) is 2. The summed E-state index contributed by atoms with van der Waals surface area (Å²) < 4.78 is 17.7. The van der Waals surface area contributed by atoms with Crippen LogP contribution in [-0.4, -0.2) is 169 Å². The van der Waals surface area contributed by atoms with E-state index >= 15 is 0 Å². The molecule has 4 aromatic rings. The third-order valence-electron chi connectivity index (χ3n) is 18.1. The number of primary amides is 1. The van der Waals surface area contributed by atoms with Crippen molar-refractivity contribution in [3.8, 4) is 0 Å². The number of likely N-dealkylation sites (tertiary alicyclic amines) is 1. The highest BCUT2D eigenvalue weighted by atomic mass is 32.1. The number of likely N-dealkylation sites (N-methyl/N-ethyl adjacent to an activating group) is 1. The second-order valence-corrected chi connectivity index (χ2v) is 27.6. The van der Waals surface area contributed by atoms with Gasteiger partial charge in [0.05, 0.1) is 49.1 Å². The van der Waals surface area contributed by atoms with Crippen LogP contribution in [0.2, 0.25) is 0 Å². The van der Waals surface area contributed by atoms with Gasteiger partial charge in [-0.2, -0.15) is 0 Å². The van der Waals surface area contributed by atoms with Gasteiger partial charge in [0, 0.05) is 51.6 Å². The Morgan fingerprint density at radius 1 is 0.727 bits per heavy atom. The summed E-state index contributed by atoms with van der Waals surface area (Å²) in [5.74, 6) is -5.46. The second-order valence-electron chi connectivity index (χ2n) is 26.7. The molecule has 0 aliphatic carbocycles. The van der Waals surface area contributed by atoms with E-state index in [4.69, 9.17) is 25.7 Å². The Morgan fingerprint density at radius 2 is 1.36 bits per heavy atom. The number of aromatic nitrogens is 1. The van der Waals surface area contributed by atoms with Gasteiger partial charge in [-0.25, -0.2) is 14.6 Å². The number of benzene rings is 3. The van der Waals surface area contributed by atoms with Crippen molar-refractivity contribution >= 4 is 76.4 Å². The van der Waals surface area contributed by atoms with Gasteiger partial charge >= 0.3 is 12.1 Å². The van der Waals surface area contributed by atoms with Crippen LogP contribution in [0.4, 0.5) is 15.3 Å². The molecule has 1 fully saturated rings. The summed E-state index contributed by atoms with van der Waals surface area (Å²) in [6.07, 6.45) is 3.52. The van der Waals surface area contributed by atoms with Gasteiger partial charge in [-0.1, -0.05) is 128 Å². The van der Waals surface area contributed by atoms with Gasteiger partial charge in [-0.05, 0) is 118 Å². The number of carbonyl (C=O) groups excluding carboxylic acids is 10. The van der Waals surface area contributed by atoms with Crippen molar-refractivity contribution < 1.29 is 62.2 Å². The lowest BCUT2D eigenvalue weighted by atomic mass is 9.89. The largest absolute Gasteiger partial charge is 0.445 e. The van der Waals surface area contributed by atoms with E-state index in [-0.39, 0.29) is 74.9 Å². The summed E-state index contributed by atoms with van der Waals surface area (Å²) in [4.78, 5) is 145. The van der Waals surface area contributed by atoms with Crippen LogP contribution in [-0.2, 0) is 72.0 Å². The monoisotopic (exact) mass is 1390 g/mol. The van der Waals surface area contributed by atoms with Gasteiger partial charge in [-0.15, -0.1) is 11.3 Å². The summed E-state index contributed by atoms with van der Waals surface area (Å²) in [7, 11) is 4.69. The number of nitrogens with one attached hydrogen (secondary N) is 8. The normalized spacial score (nSPS) is 16.1. The molecule has 544 valence electrons. The van der Waals surface area contributed by atoms with E-state index in [2.05, 4.69) is 47.5 Å². The Balaban J connectivity index is 1.18. The fraction of sp³-hybridized carbons (Fsp3) is 0.569. The molecule has 5 rings (SSSR count). The molecule has 0 saturated carbocycles. The van der Waals surface area contributed by atoms with Crippen LogP contribution < -0.4 is 54.0 Å². The highest BCUT2D eigenvalue weighted by Crippen LogP contribution is 2.31. The van der Waals surface area contributed by atoms with Crippen LogP contribution in [0.3, 0.4) is 0 Å². The molecule has 12 N–H and O–H groups in total. The molecular weight excluding hydrogens is 1290 g/mol. The van der Waals surface area contributed by atoms with Crippen LogP contribution >= 0.6 is 11.3 Å². The average molecular weight is 1390 g/mol. The first-order valence-electron chi connectivity index (χ1n) is 34.3. The molecule has 1 aromatic heterocycles. The highest BCUT2D eigenvalue weighted by Gasteiger charge is 2.44. The predicted molar refractivity (Wildman–Crippen MR) is 379 cm³/mol. The second kappa shape index (κ2) is 40.5. The topological polar surface area (TPSA) is 366 Å². The number of amides is 11. The molecule has 99 heavy (non-hydrogen) atoms. The van der Waals surface area contributed by atoms with Crippen LogP contribution in [0, 0.1) is 23.7 Å². The third-order valence-corrected chi connectivity index (χ3v) is 18.9. The van der Waals surface area contributed by atoms with Crippen LogP contribution in [0.1, 0.15) is 148 Å². The number of carbonyl (C=O) groups is 10. The molecular formula is C72H107N13O13S. The van der Waals surface area contributed by atoms with Crippen molar-refractivity contribution in [2.45, 2.75) is 200 Å². The maximum Gasteiger partial charge on any atom is 0.408 e. The van der Waals surface area contributed by atoms with E-state index in [1.165, 1.54) is 32.3 Å². The van der Waals surface area contributed by atoms with Gasteiger partial charge in [0.25, 0.3) is 0 Å². The zero-order valence-electron chi connectivity index (χ0n) is 59.6. The molecule has 3 aromatic carbocycles. The predicted octanol–water partition coefficient (Wildman–Crippen LogP) is 6.18. The average Bonchev–Trinajstić information content (AvgIpc) is 1.80. The zero-order chi connectivity index (χ0) is 72.9. The molecule has 1 aliphatic heterocycles. The smallest absolute Gasteiger partial charge is 0.408 e. The van der Waals surface area contributed by atoms with E-state index in [1.807, 2.05) is 74.7 Å². The lowest BCUT2D eigenvalue weighted by molar-refractivity contribution is -0.148.